The van der Waals surface area contributed by atoms with E-state index in [4.69, 9.17) is 0 Å². The lowest BCUT2D eigenvalue weighted by atomic mass is 10.1. The maximum atomic E-state index is 9.55. The third kappa shape index (κ3) is 4.16. The molecule has 0 saturated heterocycles. The van der Waals surface area contributed by atoms with Gasteiger partial charge in [0.2, 0.25) is 0 Å². The minimum absolute atomic E-state index is 0.546. The Morgan fingerprint density at radius 1 is 1.29 bits per heavy atom. The molecule has 1 aromatic rings. The molecular formula is C12H18OS. The predicted molar refractivity (Wildman–Crippen MR) is 62.8 cm³/mol. The summed E-state index contributed by atoms with van der Waals surface area (Å²) in [6.45, 7) is 5.82. The van der Waals surface area contributed by atoms with Crippen LogP contribution in [-0.4, -0.2) is 16.5 Å². The lowest BCUT2D eigenvalue weighted by molar-refractivity contribution is 0.0777. The van der Waals surface area contributed by atoms with E-state index in [9.17, 15) is 5.11 Å². The largest absolute Gasteiger partial charge is 0.390 e. The molecule has 0 aliphatic heterocycles. The van der Waals surface area contributed by atoms with Crippen LogP contribution in [0.15, 0.2) is 29.2 Å². The normalized spacial score (nSPS) is 11.7. The van der Waals surface area contributed by atoms with Gasteiger partial charge >= 0.3 is 0 Å². The molecule has 0 amide bonds. The van der Waals surface area contributed by atoms with E-state index in [2.05, 4.69) is 31.2 Å². The van der Waals surface area contributed by atoms with Gasteiger partial charge in [0.15, 0.2) is 0 Å². The Morgan fingerprint density at radius 3 is 2.50 bits per heavy atom. The van der Waals surface area contributed by atoms with Crippen molar-refractivity contribution in [2.45, 2.75) is 37.7 Å². The highest BCUT2D eigenvalue weighted by molar-refractivity contribution is 7.99. The molecule has 1 rings (SSSR count). The van der Waals surface area contributed by atoms with E-state index < -0.39 is 5.60 Å². The number of aliphatic hydroxyl groups is 1. The SMILES string of the molecule is Cc1ccccc1SCCC(C)(C)O. The average molecular weight is 210 g/mol. The van der Waals surface area contributed by atoms with Crippen LogP contribution in [0.5, 0.6) is 0 Å². The van der Waals surface area contributed by atoms with Gasteiger partial charge in [0.05, 0.1) is 5.60 Å². The molecule has 78 valence electrons. The van der Waals surface area contributed by atoms with Crippen LogP contribution >= 0.6 is 11.8 Å². The first-order chi connectivity index (χ1) is 6.49. The first-order valence-electron chi connectivity index (χ1n) is 4.90. The van der Waals surface area contributed by atoms with Gasteiger partial charge in [-0.2, -0.15) is 0 Å². The lowest BCUT2D eigenvalue weighted by Gasteiger charge is -2.16. The molecule has 0 spiro atoms. The van der Waals surface area contributed by atoms with Crippen molar-refractivity contribution in [3.63, 3.8) is 0 Å². The van der Waals surface area contributed by atoms with E-state index in [1.807, 2.05) is 25.6 Å². The first-order valence-corrected chi connectivity index (χ1v) is 5.88. The zero-order valence-corrected chi connectivity index (χ0v) is 9.90. The van der Waals surface area contributed by atoms with Gasteiger partial charge in [-0.1, -0.05) is 18.2 Å². The highest BCUT2D eigenvalue weighted by Crippen LogP contribution is 2.24. The molecule has 0 fully saturated rings. The molecule has 1 N–H and O–H groups in total. The molecule has 2 heteroatoms. The maximum Gasteiger partial charge on any atom is 0.0599 e. The number of rotatable bonds is 4. The van der Waals surface area contributed by atoms with Crippen LogP contribution in [0, 0.1) is 6.92 Å². The van der Waals surface area contributed by atoms with Crippen molar-refractivity contribution >= 4 is 11.8 Å². The van der Waals surface area contributed by atoms with Crippen LogP contribution in [-0.2, 0) is 0 Å². The van der Waals surface area contributed by atoms with E-state index in [0.29, 0.717) is 0 Å². The third-order valence-electron chi connectivity index (χ3n) is 2.07. The summed E-state index contributed by atoms with van der Waals surface area (Å²) in [6, 6.07) is 8.35. The van der Waals surface area contributed by atoms with E-state index in [0.717, 1.165) is 12.2 Å². The fourth-order valence-corrected chi connectivity index (χ4v) is 2.42. The Morgan fingerprint density at radius 2 is 1.93 bits per heavy atom. The Hall–Kier alpha value is -0.470. The zero-order valence-electron chi connectivity index (χ0n) is 9.08. The summed E-state index contributed by atoms with van der Waals surface area (Å²) in [5, 5.41) is 9.55. The predicted octanol–water partition coefficient (Wildman–Crippen LogP) is 3.25. The summed E-state index contributed by atoms with van der Waals surface area (Å²) in [5.74, 6) is 0.967. The maximum absolute atomic E-state index is 9.55. The molecule has 0 unspecified atom stereocenters. The van der Waals surface area contributed by atoms with Crippen molar-refractivity contribution in [1.82, 2.24) is 0 Å². The average Bonchev–Trinajstić information content (AvgIpc) is 2.06. The lowest BCUT2D eigenvalue weighted by Crippen LogP contribution is -2.19. The van der Waals surface area contributed by atoms with E-state index >= 15 is 0 Å². The van der Waals surface area contributed by atoms with Gasteiger partial charge in [-0.25, -0.2) is 0 Å². The molecule has 0 aliphatic rings. The van der Waals surface area contributed by atoms with Crippen molar-refractivity contribution in [1.29, 1.82) is 0 Å². The molecule has 0 saturated carbocycles. The highest BCUT2D eigenvalue weighted by Gasteiger charge is 2.11. The number of hydrogen-bond acceptors (Lipinski definition) is 2. The minimum atomic E-state index is -0.546. The number of benzene rings is 1. The fraction of sp³-hybridized carbons (Fsp3) is 0.500. The smallest absolute Gasteiger partial charge is 0.0599 e. The molecule has 0 bridgehead atoms. The van der Waals surface area contributed by atoms with Crippen LogP contribution < -0.4 is 0 Å². The molecule has 0 radical (unpaired) electrons. The Labute approximate surface area is 90.5 Å². The van der Waals surface area contributed by atoms with Crippen molar-refractivity contribution in [3.8, 4) is 0 Å². The number of hydrogen-bond donors (Lipinski definition) is 1. The summed E-state index contributed by atoms with van der Waals surface area (Å²) in [6.07, 6.45) is 0.825. The Kier molecular flexibility index (Phi) is 4.02. The summed E-state index contributed by atoms with van der Waals surface area (Å²) < 4.78 is 0. The van der Waals surface area contributed by atoms with Crippen molar-refractivity contribution in [2.24, 2.45) is 0 Å². The molecule has 14 heavy (non-hydrogen) atoms. The van der Waals surface area contributed by atoms with Gasteiger partial charge < -0.3 is 5.11 Å². The molecule has 0 aliphatic carbocycles. The van der Waals surface area contributed by atoms with Crippen molar-refractivity contribution < 1.29 is 5.11 Å². The highest BCUT2D eigenvalue weighted by atomic mass is 32.2. The number of thioether (sulfide) groups is 1. The van der Waals surface area contributed by atoms with Crippen LogP contribution in [0.25, 0.3) is 0 Å². The van der Waals surface area contributed by atoms with Gasteiger partial charge in [0, 0.05) is 10.6 Å². The fourth-order valence-electron chi connectivity index (χ4n) is 1.13. The Bertz CT molecular complexity index is 289. The van der Waals surface area contributed by atoms with Crippen LogP contribution in [0.4, 0.5) is 0 Å². The van der Waals surface area contributed by atoms with Crippen molar-refractivity contribution in [2.75, 3.05) is 5.75 Å². The molecule has 1 nitrogen and oxygen atoms in total. The quantitative estimate of drug-likeness (QED) is 0.770. The second-order valence-electron chi connectivity index (χ2n) is 4.18. The first kappa shape index (κ1) is 11.6. The second-order valence-corrected chi connectivity index (χ2v) is 5.31. The van der Waals surface area contributed by atoms with Gasteiger partial charge in [-0.15, -0.1) is 11.8 Å². The summed E-state index contributed by atoms with van der Waals surface area (Å²) in [5.41, 5.74) is 0.767. The zero-order chi connectivity index (χ0) is 10.6. The Balaban J connectivity index is 2.43. The topological polar surface area (TPSA) is 20.2 Å². The number of aryl methyl sites for hydroxylation is 1. The molecule has 1 aromatic carbocycles. The van der Waals surface area contributed by atoms with Gasteiger partial charge in [-0.3, -0.25) is 0 Å². The summed E-state index contributed by atoms with van der Waals surface area (Å²) in [4.78, 5) is 1.32. The van der Waals surface area contributed by atoms with E-state index in [-0.39, 0.29) is 0 Å². The summed E-state index contributed by atoms with van der Waals surface area (Å²) >= 11 is 1.81. The van der Waals surface area contributed by atoms with Crippen LogP contribution in [0.1, 0.15) is 25.8 Å². The second kappa shape index (κ2) is 4.85. The molecule has 0 aromatic heterocycles. The van der Waals surface area contributed by atoms with Gasteiger partial charge in [-0.05, 0) is 38.8 Å². The monoisotopic (exact) mass is 210 g/mol. The molecular weight excluding hydrogens is 192 g/mol. The van der Waals surface area contributed by atoms with Crippen molar-refractivity contribution in [3.05, 3.63) is 29.8 Å². The van der Waals surface area contributed by atoms with E-state index in [1.165, 1.54) is 10.5 Å². The minimum Gasteiger partial charge on any atom is -0.390 e. The van der Waals surface area contributed by atoms with E-state index in [1.54, 1.807) is 0 Å². The third-order valence-corrected chi connectivity index (χ3v) is 3.24. The molecule has 0 heterocycles. The van der Waals surface area contributed by atoms with Crippen LogP contribution in [0.2, 0.25) is 0 Å². The van der Waals surface area contributed by atoms with Gasteiger partial charge in [0.25, 0.3) is 0 Å². The summed E-state index contributed by atoms with van der Waals surface area (Å²) in [7, 11) is 0. The van der Waals surface area contributed by atoms with Crippen LogP contribution in [0.3, 0.4) is 0 Å². The standard InChI is InChI=1S/C12H18OS/c1-10-6-4-5-7-11(10)14-9-8-12(2,3)13/h4-7,13H,8-9H2,1-3H3. The molecule has 0 atom stereocenters. The van der Waals surface area contributed by atoms with Gasteiger partial charge in [0.1, 0.15) is 0 Å².